The molecule has 2 unspecified atom stereocenters. The predicted molar refractivity (Wildman–Crippen MR) is 79.6 cm³/mol. The Bertz CT molecular complexity index is 586. The number of nitrogens with zero attached hydrogens (tertiary/aromatic N) is 1. The Labute approximate surface area is 124 Å². The van der Waals surface area contributed by atoms with Crippen LogP contribution in [0.15, 0.2) is 54.9 Å². The largest absolute Gasteiger partial charge is 0.368 e. The van der Waals surface area contributed by atoms with Crippen LogP contribution in [-0.2, 0) is 16.1 Å². The van der Waals surface area contributed by atoms with E-state index in [2.05, 4.69) is 22.4 Å². The topological polar surface area (TPSA) is 51.2 Å². The van der Waals surface area contributed by atoms with E-state index in [1.807, 2.05) is 30.3 Å². The van der Waals surface area contributed by atoms with E-state index in [0.717, 1.165) is 12.0 Å². The summed E-state index contributed by atoms with van der Waals surface area (Å²) in [7, 11) is 0. The first kappa shape index (κ1) is 13.8. The molecule has 1 aliphatic rings. The van der Waals surface area contributed by atoms with E-state index in [0.29, 0.717) is 19.1 Å². The fourth-order valence-electron chi connectivity index (χ4n) is 2.57. The number of rotatable bonds is 4. The quantitative estimate of drug-likeness (QED) is 0.936. The van der Waals surface area contributed by atoms with E-state index in [1.54, 1.807) is 12.4 Å². The van der Waals surface area contributed by atoms with Gasteiger partial charge < -0.3 is 10.1 Å². The maximum Gasteiger partial charge on any atom is 0.249 e. The van der Waals surface area contributed by atoms with Crippen LogP contribution in [0.5, 0.6) is 0 Å². The first-order chi connectivity index (χ1) is 10.3. The fourth-order valence-corrected chi connectivity index (χ4v) is 2.57. The molecule has 3 rings (SSSR count). The van der Waals surface area contributed by atoms with Crippen molar-refractivity contribution in [2.75, 3.05) is 6.61 Å². The predicted octanol–water partition coefficient (Wildman–Crippen LogP) is 2.27. The van der Waals surface area contributed by atoms with Crippen LogP contribution in [0.2, 0.25) is 0 Å². The van der Waals surface area contributed by atoms with Crippen molar-refractivity contribution in [3.05, 3.63) is 66.0 Å². The number of carbonyl (C=O) groups excluding carboxylic acids is 1. The molecule has 0 aliphatic carbocycles. The molecule has 1 aromatic carbocycles. The normalized spacial score (nSPS) is 21.1. The summed E-state index contributed by atoms with van der Waals surface area (Å²) in [6.07, 6.45) is 3.85. The molecular formula is C17H18N2O2. The zero-order valence-corrected chi connectivity index (χ0v) is 11.7. The van der Waals surface area contributed by atoms with Gasteiger partial charge in [0, 0.05) is 24.9 Å². The van der Waals surface area contributed by atoms with Gasteiger partial charge in [-0.15, -0.1) is 0 Å². The molecular weight excluding hydrogens is 264 g/mol. The number of hydrogen-bond donors (Lipinski definition) is 1. The summed E-state index contributed by atoms with van der Waals surface area (Å²) in [6.45, 7) is 1.09. The summed E-state index contributed by atoms with van der Waals surface area (Å²) in [5.41, 5.74) is 2.23. The molecule has 1 amide bonds. The van der Waals surface area contributed by atoms with E-state index >= 15 is 0 Å². The summed E-state index contributed by atoms with van der Waals surface area (Å²) in [5.74, 6) is 0.262. The van der Waals surface area contributed by atoms with Crippen LogP contribution in [0, 0.1) is 0 Å². The molecule has 1 saturated heterocycles. The highest BCUT2D eigenvalue weighted by Crippen LogP contribution is 2.29. The van der Waals surface area contributed by atoms with Crippen LogP contribution in [0.25, 0.3) is 0 Å². The molecule has 0 saturated carbocycles. The second-order valence-electron chi connectivity index (χ2n) is 5.24. The average Bonchev–Trinajstić information content (AvgIpc) is 3.04. The molecule has 0 bridgehead atoms. The minimum absolute atomic E-state index is 0.0442. The van der Waals surface area contributed by atoms with Crippen molar-refractivity contribution in [2.24, 2.45) is 0 Å². The maximum atomic E-state index is 12.1. The van der Waals surface area contributed by atoms with Crippen molar-refractivity contribution < 1.29 is 9.53 Å². The highest BCUT2D eigenvalue weighted by molar-refractivity contribution is 5.81. The number of hydrogen-bond acceptors (Lipinski definition) is 3. The van der Waals surface area contributed by atoms with Gasteiger partial charge in [0.2, 0.25) is 5.91 Å². The molecule has 1 fully saturated rings. The van der Waals surface area contributed by atoms with Crippen molar-refractivity contribution in [1.29, 1.82) is 0 Å². The van der Waals surface area contributed by atoms with E-state index in [4.69, 9.17) is 4.74 Å². The van der Waals surface area contributed by atoms with Crippen LogP contribution < -0.4 is 5.32 Å². The third kappa shape index (κ3) is 3.47. The second kappa shape index (κ2) is 6.50. The Hall–Kier alpha value is -2.20. The van der Waals surface area contributed by atoms with Gasteiger partial charge in [-0.05, 0) is 23.6 Å². The number of amides is 1. The molecule has 4 heteroatoms. The molecule has 1 N–H and O–H groups in total. The molecule has 0 radical (unpaired) electrons. The lowest BCUT2D eigenvalue weighted by Gasteiger charge is -2.10. The number of benzene rings is 1. The van der Waals surface area contributed by atoms with E-state index in [-0.39, 0.29) is 12.0 Å². The van der Waals surface area contributed by atoms with Gasteiger partial charge in [0.25, 0.3) is 0 Å². The van der Waals surface area contributed by atoms with E-state index in [9.17, 15) is 4.79 Å². The van der Waals surface area contributed by atoms with Gasteiger partial charge in [-0.2, -0.15) is 0 Å². The summed E-state index contributed by atoms with van der Waals surface area (Å²) in [5, 5.41) is 2.91. The third-order valence-electron chi connectivity index (χ3n) is 3.75. The molecule has 108 valence electrons. The smallest absolute Gasteiger partial charge is 0.249 e. The minimum Gasteiger partial charge on any atom is -0.368 e. The van der Waals surface area contributed by atoms with Crippen molar-refractivity contribution in [2.45, 2.75) is 25.0 Å². The van der Waals surface area contributed by atoms with Crippen molar-refractivity contribution in [1.82, 2.24) is 10.3 Å². The number of carbonyl (C=O) groups is 1. The molecule has 1 aromatic heterocycles. The fraction of sp³-hybridized carbons (Fsp3) is 0.294. The lowest BCUT2D eigenvalue weighted by Crippen LogP contribution is -2.33. The first-order valence-electron chi connectivity index (χ1n) is 7.16. The lowest BCUT2D eigenvalue weighted by molar-refractivity contribution is -0.130. The monoisotopic (exact) mass is 282 g/mol. The Morgan fingerprint density at radius 2 is 2.10 bits per heavy atom. The van der Waals surface area contributed by atoms with Gasteiger partial charge in [0.1, 0.15) is 6.10 Å². The summed E-state index contributed by atoms with van der Waals surface area (Å²) >= 11 is 0. The highest BCUT2D eigenvalue weighted by atomic mass is 16.5. The molecule has 1 aliphatic heterocycles. The van der Waals surface area contributed by atoms with Gasteiger partial charge in [0.15, 0.2) is 0 Å². The van der Waals surface area contributed by atoms with Crippen LogP contribution in [0.1, 0.15) is 23.5 Å². The van der Waals surface area contributed by atoms with Gasteiger partial charge in [0.05, 0.1) is 6.61 Å². The third-order valence-corrected chi connectivity index (χ3v) is 3.75. The minimum atomic E-state index is -0.355. The summed E-state index contributed by atoms with van der Waals surface area (Å²) < 4.78 is 5.64. The van der Waals surface area contributed by atoms with Crippen LogP contribution in [0.3, 0.4) is 0 Å². The number of ether oxygens (including phenoxy) is 1. The lowest BCUT2D eigenvalue weighted by atomic mass is 9.96. The Balaban J connectivity index is 1.53. The van der Waals surface area contributed by atoms with Crippen molar-refractivity contribution in [3.63, 3.8) is 0 Å². The summed E-state index contributed by atoms with van der Waals surface area (Å²) in [4.78, 5) is 16.2. The first-order valence-corrected chi connectivity index (χ1v) is 7.16. The zero-order valence-electron chi connectivity index (χ0n) is 11.7. The standard InChI is InChI=1S/C17H18N2O2/c20-17(19-11-13-5-4-8-18-10-13)16-9-15(12-21-16)14-6-2-1-3-7-14/h1-8,10,15-16H,9,11-12H2,(H,19,20). The van der Waals surface area contributed by atoms with Crippen LogP contribution in [-0.4, -0.2) is 23.6 Å². The molecule has 2 aromatic rings. The van der Waals surface area contributed by atoms with Gasteiger partial charge in [-0.25, -0.2) is 0 Å². The Morgan fingerprint density at radius 3 is 2.86 bits per heavy atom. The van der Waals surface area contributed by atoms with Crippen molar-refractivity contribution in [3.8, 4) is 0 Å². The van der Waals surface area contributed by atoms with Gasteiger partial charge in [-0.1, -0.05) is 36.4 Å². The Morgan fingerprint density at radius 1 is 1.24 bits per heavy atom. The molecule has 0 spiro atoms. The number of aromatic nitrogens is 1. The molecule has 2 atom stereocenters. The van der Waals surface area contributed by atoms with Crippen LogP contribution >= 0.6 is 0 Å². The van der Waals surface area contributed by atoms with Gasteiger partial charge >= 0.3 is 0 Å². The summed E-state index contributed by atoms with van der Waals surface area (Å²) in [6, 6.07) is 14.0. The Kier molecular flexibility index (Phi) is 4.26. The number of pyridine rings is 1. The van der Waals surface area contributed by atoms with E-state index in [1.165, 1.54) is 5.56 Å². The van der Waals surface area contributed by atoms with Crippen LogP contribution in [0.4, 0.5) is 0 Å². The SMILES string of the molecule is O=C(NCc1cccnc1)C1CC(c2ccccc2)CO1. The van der Waals surface area contributed by atoms with Crippen molar-refractivity contribution >= 4 is 5.91 Å². The molecule has 2 heterocycles. The maximum absolute atomic E-state index is 12.1. The average molecular weight is 282 g/mol. The molecule has 4 nitrogen and oxygen atoms in total. The van der Waals surface area contributed by atoms with Gasteiger partial charge in [-0.3, -0.25) is 9.78 Å². The second-order valence-corrected chi connectivity index (χ2v) is 5.24. The zero-order chi connectivity index (χ0) is 14.5. The highest BCUT2D eigenvalue weighted by Gasteiger charge is 2.31. The van der Waals surface area contributed by atoms with E-state index < -0.39 is 0 Å². The molecule has 21 heavy (non-hydrogen) atoms. The number of nitrogens with one attached hydrogen (secondary N) is 1.